The molecule has 0 saturated carbocycles. The Kier molecular flexibility index (Phi) is 6.86. The van der Waals surface area contributed by atoms with Crippen molar-refractivity contribution in [3.8, 4) is 5.75 Å². The molecule has 1 atom stereocenters. The Morgan fingerprint density at radius 3 is 2.29 bits per heavy atom. The zero-order chi connectivity index (χ0) is 17.4. The molecule has 3 rings (SSSR count). The Morgan fingerprint density at radius 2 is 1.71 bits per heavy atom. The molecule has 0 fully saturated rings. The summed E-state index contributed by atoms with van der Waals surface area (Å²) < 4.78 is 6.08. The van der Waals surface area contributed by atoms with Crippen LogP contribution in [-0.2, 0) is 0 Å². The van der Waals surface area contributed by atoms with Crippen molar-refractivity contribution in [2.45, 2.75) is 52.1 Å². The van der Waals surface area contributed by atoms with Gasteiger partial charge in [-0.3, -0.25) is 0 Å². The van der Waals surface area contributed by atoms with E-state index in [1.165, 1.54) is 17.5 Å². The van der Waals surface area contributed by atoms with E-state index in [2.05, 4.69) is 51.2 Å². The maximum absolute atomic E-state index is 6.08. The van der Waals surface area contributed by atoms with Gasteiger partial charge in [-0.05, 0) is 51.8 Å². The molecule has 2 heteroatoms. The van der Waals surface area contributed by atoms with Gasteiger partial charge in [0.15, 0.2) is 0 Å². The number of benzene rings is 2. The molecule has 1 aliphatic rings. The summed E-state index contributed by atoms with van der Waals surface area (Å²) in [6.45, 7) is 10.9. The standard InChI is InChI=1S/C16H25NO.C6H6/c1-5-8-17-11-13-10-16(3,4)18-15-7-6-12(2)9-14(13)15;1-2-4-6-5-3-1/h6-7,9,13,17H,5,8,10-11H2,1-4H3;1-6H. The van der Waals surface area contributed by atoms with Gasteiger partial charge in [-0.2, -0.15) is 0 Å². The SMILES string of the molecule is CCCNCC1CC(C)(C)Oc2ccc(C)cc21.c1ccccc1. The average Bonchev–Trinajstić information content (AvgIpc) is 2.57. The summed E-state index contributed by atoms with van der Waals surface area (Å²) in [5.74, 6) is 1.63. The van der Waals surface area contributed by atoms with Gasteiger partial charge in [-0.1, -0.05) is 61.0 Å². The summed E-state index contributed by atoms with van der Waals surface area (Å²) in [5, 5.41) is 3.55. The van der Waals surface area contributed by atoms with Crippen LogP contribution in [0.15, 0.2) is 54.6 Å². The van der Waals surface area contributed by atoms with Crippen LogP contribution in [0, 0.1) is 6.92 Å². The second-order valence-corrected chi connectivity index (χ2v) is 7.16. The van der Waals surface area contributed by atoms with Crippen LogP contribution in [0.1, 0.15) is 50.7 Å². The van der Waals surface area contributed by atoms with Crippen LogP contribution in [0.3, 0.4) is 0 Å². The van der Waals surface area contributed by atoms with Gasteiger partial charge in [0.05, 0.1) is 0 Å². The Bertz CT molecular complexity index is 580. The summed E-state index contributed by atoms with van der Waals surface area (Å²) in [4.78, 5) is 0. The van der Waals surface area contributed by atoms with Gasteiger partial charge in [0, 0.05) is 12.5 Å². The van der Waals surface area contributed by atoms with Crippen molar-refractivity contribution < 1.29 is 4.74 Å². The molecule has 1 N–H and O–H groups in total. The molecule has 2 aromatic carbocycles. The molecular weight excluding hydrogens is 294 g/mol. The number of hydrogen-bond donors (Lipinski definition) is 1. The highest BCUT2D eigenvalue weighted by Crippen LogP contribution is 2.40. The normalized spacial score (nSPS) is 17.9. The van der Waals surface area contributed by atoms with E-state index in [4.69, 9.17) is 4.74 Å². The van der Waals surface area contributed by atoms with E-state index >= 15 is 0 Å². The first-order valence-electron chi connectivity index (χ1n) is 9.02. The summed E-state index contributed by atoms with van der Waals surface area (Å²) in [5.41, 5.74) is 2.64. The van der Waals surface area contributed by atoms with E-state index in [0.717, 1.165) is 25.3 Å². The molecule has 130 valence electrons. The molecule has 1 unspecified atom stereocenters. The minimum Gasteiger partial charge on any atom is -0.488 e. The van der Waals surface area contributed by atoms with Gasteiger partial charge in [-0.15, -0.1) is 0 Å². The topological polar surface area (TPSA) is 21.3 Å². The van der Waals surface area contributed by atoms with Crippen molar-refractivity contribution in [3.05, 3.63) is 65.7 Å². The summed E-state index contributed by atoms with van der Waals surface area (Å²) in [7, 11) is 0. The molecule has 0 spiro atoms. The fourth-order valence-corrected chi connectivity index (χ4v) is 3.14. The van der Waals surface area contributed by atoms with Crippen LogP contribution in [0.4, 0.5) is 0 Å². The first-order chi connectivity index (χ1) is 11.5. The van der Waals surface area contributed by atoms with Crippen molar-refractivity contribution in [1.29, 1.82) is 0 Å². The molecule has 0 bridgehead atoms. The van der Waals surface area contributed by atoms with E-state index < -0.39 is 0 Å². The Morgan fingerprint density at radius 1 is 1.08 bits per heavy atom. The first kappa shape index (κ1) is 18.5. The maximum atomic E-state index is 6.08. The van der Waals surface area contributed by atoms with E-state index in [9.17, 15) is 0 Å². The smallest absolute Gasteiger partial charge is 0.123 e. The predicted octanol–water partition coefficient (Wildman–Crippen LogP) is 5.33. The fourth-order valence-electron chi connectivity index (χ4n) is 3.14. The van der Waals surface area contributed by atoms with E-state index in [1.807, 2.05) is 36.4 Å². The number of hydrogen-bond acceptors (Lipinski definition) is 2. The van der Waals surface area contributed by atoms with Crippen molar-refractivity contribution in [3.63, 3.8) is 0 Å². The summed E-state index contributed by atoms with van der Waals surface area (Å²) in [6, 6.07) is 18.5. The number of fused-ring (bicyclic) bond motifs is 1. The van der Waals surface area contributed by atoms with Gasteiger partial charge < -0.3 is 10.1 Å². The lowest BCUT2D eigenvalue weighted by Crippen LogP contribution is -2.38. The Labute approximate surface area is 147 Å². The summed E-state index contributed by atoms with van der Waals surface area (Å²) >= 11 is 0. The highest BCUT2D eigenvalue weighted by molar-refractivity contribution is 5.42. The summed E-state index contributed by atoms with van der Waals surface area (Å²) in [6.07, 6.45) is 2.27. The van der Waals surface area contributed by atoms with Crippen molar-refractivity contribution >= 4 is 0 Å². The molecule has 0 saturated heterocycles. The van der Waals surface area contributed by atoms with Crippen molar-refractivity contribution in [2.75, 3.05) is 13.1 Å². The predicted molar refractivity (Wildman–Crippen MR) is 103 cm³/mol. The maximum Gasteiger partial charge on any atom is 0.123 e. The number of rotatable bonds is 4. The van der Waals surface area contributed by atoms with Crippen LogP contribution in [0.25, 0.3) is 0 Å². The second-order valence-electron chi connectivity index (χ2n) is 7.16. The third-order valence-corrected chi connectivity index (χ3v) is 4.21. The zero-order valence-electron chi connectivity index (χ0n) is 15.5. The average molecular weight is 325 g/mol. The lowest BCUT2D eigenvalue weighted by atomic mass is 9.83. The van der Waals surface area contributed by atoms with E-state index in [-0.39, 0.29) is 5.60 Å². The quantitative estimate of drug-likeness (QED) is 0.768. The van der Waals surface area contributed by atoms with Crippen molar-refractivity contribution in [1.82, 2.24) is 5.32 Å². The zero-order valence-corrected chi connectivity index (χ0v) is 15.5. The molecule has 1 aliphatic heterocycles. The van der Waals surface area contributed by atoms with Crippen LogP contribution in [0.5, 0.6) is 5.75 Å². The van der Waals surface area contributed by atoms with Crippen LogP contribution < -0.4 is 10.1 Å². The fraction of sp³-hybridized carbons (Fsp3) is 0.455. The third-order valence-electron chi connectivity index (χ3n) is 4.21. The van der Waals surface area contributed by atoms with E-state index in [1.54, 1.807) is 0 Å². The highest BCUT2D eigenvalue weighted by atomic mass is 16.5. The molecule has 2 nitrogen and oxygen atoms in total. The first-order valence-corrected chi connectivity index (χ1v) is 9.02. The molecule has 1 heterocycles. The molecule has 24 heavy (non-hydrogen) atoms. The lowest BCUT2D eigenvalue weighted by molar-refractivity contribution is 0.0717. The van der Waals surface area contributed by atoms with Gasteiger partial charge in [0.1, 0.15) is 11.4 Å². The van der Waals surface area contributed by atoms with Gasteiger partial charge in [-0.25, -0.2) is 0 Å². The molecule has 0 aliphatic carbocycles. The van der Waals surface area contributed by atoms with Crippen LogP contribution in [0.2, 0.25) is 0 Å². The third kappa shape index (κ3) is 5.68. The molecule has 0 amide bonds. The van der Waals surface area contributed by atoms with Crippen molar-refractivity contribution in [2.24, 2.45) is 0 Å². The number of ether oxygens (including phenoxy) is 1. The van der Waals surface area contributed by atoms with Gasteiger partial charge in [0.25, 0.3) is 0 Å². The minimum atomic E-state index is -0.0547. The molecular formula is C22H31NO. The monoisotopic (exact) mass is 325 g/mol. The highest BCUT2D eigenvalue weighted by Gasteiger charge is 2.33. The lowest BCUT2D eigenvalue weighted by Gasteiger charge is -2.38. The van der Waals surface area contributed by atoms with Crippen LogP contribution in [-0.4, -0.2) is 18.7 Å². The van der Waals surface area contributed by atoms with E-state index in [0.29, 0.717) is 5.92 Å². The molecule has 0 radical (unpaired) electrons. The van der Waals surface area contributed by atoms with Crippen LogP contribution >= 0.6 is 0 Å². The minimum absolute atomic E-state index is 0.0547. The molecule has 2 aromatic rings. The largest absolute Gasteiger partial charge is 0.488 e. The van der Waals surface area contributed by atoms with Gasteiger partial charge in [0.2, 0.25) is 0 Å². The molecule has 0 aromatic heterocycles. The Hall–Kier alpha value is -1.80. The second kappa shape index (κ2) is 8.89. The van der Waals surface area contributed by atoms with Gasteiger partial charge >= 0.3 is 0 Å². The number of aryl methyl sites for hydroxylation is 1. The number of nitrogens with one attached hydrogen (secondary N) is 1. The Balaban J connectivity index is 0.000000292.